The highest BCUT2D eigenvalue weighted by molar-refractivity contribution is 5.90. The van der Waals surface area contributed by atoms with Gasteiger partial charge >= 0.3 is 12.0 Å². The molecule has 4 atom stereocenters. The van der Waals surface area contributed by atoms with Crippen LogP contribution in [0, 0.1) is 5.92 Å². The second-order valence-corrected chi connectivity index (χ2v) is 11.6. The smallest absolute Gasteiger partial charge is 0.343 e. The second kappa shape index (κ2) is 14.8. The maximum absolute atomic E-state index is 14.4. The number of amides is 4. The van der Waals surface area contributed by atoms with Crippen LogP contribution in [-0.2, 0) is 32.1 Å². The molecule has 0 radical (unpaired) electrons. The molecule has 2 heterocycles. The summed E-state index contributed by atoms with van der Waals surface area (Å²) >= 11 is 0. The molecule has 226 valence electrons. The van der Waals surface area contributed by atoms with Gasteiger partial charge in [0, 0.05) is 25.6 Å². The molecule has 42 heavy (non-hydrogen) atoms. The highest BCUT2D eigenvalue weighted by Gasteiger charge is 2.42. The predicted octanol–water partition coefficient (Wildman–Crippen LogP) is 2.95. The van der Waals surface area contributed by atoms with E-state index in [1.807, 2.05) is 74.5 Å². The lowest BCUT2D eigenvalue weighted by atomic mass is 9.94. The van der Waals surface area contributed by atoms with Crippen LogP contribution in [0.1, 0.15) is 57.1 Å². The fourth-order valence-electron chi connectivity index (χ4n) is 5.69. The topological polar surface area (TPSA) is 134 Å². The first kappa shape index (κ1) is 31.0. The van der Waals surface area contributed by atoms with Gasteiger partial charge in [-0.1, -0.05) is 74.5 Å². The Kier molecular flexibility index (Phi) is 10.9. The van der Waals surface area contributed by atoms with E-state index in [4.69, 9.17) is 10.6 Å². The highest BCUT2D eigenvalue weighted by Crippen LogP contribution is 2.24. The van der Waals surface area contributed by atoms with Crippen molar-refractivity contribution < 1.29 is 24.0 Å². The van der Waals surface area contributed by atoms with E-state index in [1.54, 1.807) is 0 Å². The van der Waals surface area contributed by atoms with Crippen molar-refractivity contribution in [2.24, 2.45) is 11.7 Å². The minimum atomic E-state index is -0.840. The van der Waals surface area contributed by atoms with Crippen molar-refractivity contribution in [3.8, 4) is 0 Å². The lowest BCUT2D eigenvalue weighted by Crippen LogP contribution is -2.60. The molecule has 2 aromatic rings. The summed E-state index contributed by atoms with van der Waals surface area (Å²) < 4.78 is 0. The summed E-state index contributed by atoms with van der Waals surface area (Å²) in [6, 6.07) is 17.0. The molecule has 4 amide bonds. The second-order valence-electron chi connectivity index (χ2n) is 11.6. The van der Waals surface area contributed by atoms with E-state index >= 15 is 0 Å². The van der Waals surface area contributed by atoms with E-state index in [-0.39, 0.29) is 30.3 Å². The largest absolute Gasteiger partial charge is 0.354 e. The number of urea groups is 1. The van der Waals surface area contributed by atoms with E-state index in [0.717, 1.165) is 11.1 Å². The number of nitrogens with two attached hydrogens (primary N) is 1. The van der Waals surface area contributed by atoms with Crippen LogP contribution in [0.4, 0.5) is 4.79 Å². The molecule has 4 rings (SSSR count). The molecule has 10 heteroatoms. The summed E-state index contributed by atoms with van der Waals surface area (Å²) in [6.07, 6.45) is 3.36. The minimum absolute atomic E-state index is 0.179. The summed E-state index contributed by atoms with van der Waals surface area (Å²) in [5, 5.41) is 6.65. The molecule has 0 spiro atoms. The number of rotatable bonds is 12. The van der Waals surface area contributed by atoms with E-state index in [2.05, 4.69) is 10.6 Å². The third-order valence-electron chi connectivity index (χ3n) is 7.88. The van der Waals surface area contributed by atoms with Gasteiger partial charge in [0.1, 0.15) is 12.1 Å². The molecule has 2 aliphatic rings. The molecule has 4 unspecified atom stereocenters. The van der Waals surface area contributed by atoms with Crippen molar-refractivity contribution in [1.29, 1.82) is 0 Å². The van der Waals surface area contributed by atoms with Crippen molar-refractivity contribution in [1.82, 2.24) is 20.6 Å². The van der Waals surface area contributed by atoms with Crippen LogP contribution >= 0.6 is 0 Å². The first-order valence-electron chi connectivity index (χ1n) is 14.9. The van der Waals surface area contributed by atoms with Crippen LogP contribution in [-0.4, -0.2) is 71.0 Å². The first-order chi connectivity index (χ1) is 20.2. The lowest BCUT2D eigenvalue weighted by Gasteiger charge is -2.40. The average Bonchev–Trinajstić information content (AvgIpc) is 3.42. The molecule has 2 aromatic carbocycles. The normalized spacial score (nSPS) is 19.0. The molecule has 10 nitrogen and oxygen atoms in total. The van der Waals surface area contributed by atoms with Gasteiger partial charge in [-0.25, -0.2) is 9.59 Å². The van der Waals surface area contributed by atoms with E-state index in [1.165, 1.54) is 9.96 Å². The number of hydrogen-bond acceptors (Lipinski definition) is 6. The molecule has 0 aromatic heterocycles. The monoisotopic (exact) mass is 577 g/mol. The Morgan fingerprint density at radius 1 is 1.00 bits per heavy atom. The maximum Gasteiger partial charge on any atom is 0.354 e. The molecule has 2 fully saturated rings. The van der Waals surface area contributed by atoms with Crippen LogP contribution in [0.15, 0.2) is 60.7 Å². The molecule has 2 aliphatic heterocycles. The van der Waals surface area contributed by atoms with Crippen LogP contribution < -0.4 is 16.4 Å². The number of carbonyl (C=O) groups is 4. The zero-order valence-corrected chi connectivity index (χ0v) is 24.5. The number of benzene rings is 2. The van der Waals surface area contributed by atoms with E-state index in [0.29, 0.717) is 51.6 Å². The Balaban J connectivity index is 1.63. The van der Waals surface area contributed by atoms with Crippen LogP contribution in [0.2, 0.25) is 0 Å². The highest BCUT2D eigenvalue weighted by atomic mass is 16.7. The van der Waals surface area contributed by atoms with Gasteiger partial charge in [0.2, 0.25) is 5.91 Å². The Labute approximate surface area is 247 Å². The molecular formula is C32H43N5O5. The van der Waals surface area contributed by atoms with Crippen molar-refractivity contribution in [2.45, 2.75) is 83.0 Å². The van der Waals surface area contributed by atoms with Gasteiger partial charge in [-0.3, -0.25) is 9.59 Å². The summed E-state index contributed by atoms with van der Waals surface area (Å²) in [7, 11) is 0. The quantitative estimate of drug-likeness (QED) is 0.332. The number of carbonyl (C=O) groups excluding carboxylic acids is 4. The minimum Gasteiger partial charge on any atom is -0.343 e. The predicted molar refractivity (Wildman–Crippen MR) is 159 cm³/mol. The van der Waals surface area contributed by atoms with Crippen LogP contribution in [0.25, 0.3) is 0 Å². The van der Waals surface area contributed by atoms with Crippen molar-refractivity contribution in [2.75, 3.05) is 13.1 Å². The van der Waals surface area contributed by atoms with Crippen molar-refractivity contribution in [3.05, 3.63) is 71.8 Å². The maximum atomic E-state index is 14.4. The molecule has 0 aliphatic carbocycles. The molecule has 0 bridgehead atoms. The van der Waals surface area contributed by atoms with Gasteiger partial charge in [0.25, 0.3) is 5.91 Å². The van der Waals surface area contributed by atoms with Crippen molar-refractivity contribution in [3.63, 3.8) is 0 Å². The molecular weight excluding hydrogens is 534 g/mol. The first-order valence-corrected chi connectivity index (χ1v) is 14.9. The van der Waals surface area contributed by atoms with E-state index < -0.39 is 30.0 Å². The van der Waals surface area contributed by atoms with Gasteiger partial charge in [-0.2, -0.15) is 5.06 Å². The zero-order chi connectivity index (χ0) is 30.1. The number of hydrogen-bond donors (Lipinski definition) is 3. The Bertz CT molecular complexity index is 1210. The number of nitrogens with zero attached hydrogens (tertiary/aromatic N) is 2. The summed E-state index contributed by atoms with van der Waals surface area (Å²) in [5.41, 5.74) is 8.66. The van der Waals surface area contributed by atoms with Gasteiger partial charge < -0.3 is 26.1 Å². The standard InChI is InChI=1S/C32H43N5O5/c1-22(2)29(36-19-9-18-34-32(36)41)30(39)37(42-31(40)27-16-17-28(38)35-27)26(21-24-12-7-4-8-13-24)15-14-25(33)20-23-10-5-3-6-11-23/h3-8,10-13,22,25-27,29H,9,14-21,33H2,1-2H3,(H,34,41)(H,35,38). The summed E-state index contributed by atoms with van der Waals surface area (Å²) in [5.74, 6) is -1.62. The van der Waals surface area contributed by atoms with Gasteiger partial charge in [0.05, 0.1) is 6.04 Å². The Morgan fingerprint density at radius 2 is 1.64 bits per heavy atom. The summed E-state index contributed by atoms with van der Waals surface area (Å²) in [4.78, 5) is 59.9. The fraction of sp³-hybridized carbons (Fsp3) is 0.500. The van der Waals surface area contributed by atoms with Gasteiger partial charge in [-0.15, -0.1) is 0 Å². The van der Waals surface area contributed by atoms with Crippen LogP contribution in [0.3, 0.4) is 0 Å². The third kappa shape index (κ3) is 8.31. The Morgan fingerprint density at radius 3 is 2.21 bits per heavy atom. The fourth-order valence-corrected chi connectivity index (χ4v) is 5.69. The molecule has 4 N–H and O–H groups in total. The summed E-state index contributed by atoms with van der Waals surface area (Å²) in [6.45, 7) is 4.73. The number of nitrogens with one attached hydrogen (secondary N) is 2. The lowest BCUT2D eigenvalue weighted by molar-refractivity contribution is -0.213. The van der Waals surface area contributed by atoms with Crippen LogP contribution in [0.5, 0.6) is 0 Å². The van der Waals surface area contributed by atoms with Gasteiger partial charge in [0.15, 0.2) is 0 Å². The zero-order valence-electron chi connectivity index (χ0n) is 24.5. The average molecular weight is 578 g/mol. The number of hydroxylamine groups is 2. The van der Waals surface area contributed by atoms with E-state index in [9.17, 15) is 19.2 Å². The van der Waals surface area contributed by atoms with Gasteiger partial charge in [-0.05, 0) is 55.6 Å². The SMILES string of the molecule is CC(C)C(C(=O)N(OC(=O)C1CCC(=O)N1)C(CCC(N)Cc1ccccc1)Cc1ccccc1)N1CCCNC1=O. The van der Waals surface area contributed by atoms with Crippen molar-refractivity contribution >= 4 is 23.8 Å². The molecule has 2 saturated heterocycles. The third-order valence-corrected chi connectivity index (χ3v) is 7.88. The molecule has 0 saturated carbocycles. The Hall–Kier alpha value is -3.92.